The van der Waals surface area contributed by atoms with E-state index in [0.29, 0.717) is 11.2 Å². The zero-order valence-electron chi connectivity index (χ0n) is 11.5. The maximum absolute atomic E-state index is 5.86. The zero-order valence-corrected chi connectivity index (χ0v) is 13.1. The van der Waals surface area contributed by atoms with Gasteiger partial charge in [0.1, 0.15) is 0 Å². The second kappa shape index (κ2) is 8.74. The molecule has 1 aromatic rings. The fourth-order valence-corrected chi connectivity index (χ4v) is 3.08. The lowest BCUT2D eigenvalue weighted by Gasteiger charge is -2.19. The predicted octanol–water partition coefficient (Wildman–Crippen LogP) is 2.93. The Hall–Kier alpha value is -0.360. The van der Waals surface area contributed by atoms with Gasteiger partial charge in [-0.3, -0.25) is 4.90 Å². The van der Waals surface area contributed by atoms with Crippen molar-refractivity contribution >= 4 is 28.9 Å². The number of ether oxygens (including phenoxy) is 1. The van der Waals surface area contributed by atoms with E-state index < -0.39 is 0 Å². The van der Waals surface area contributed by atoms with Crippen molar-refractivity contribution in [2.45, 2.75) is 45.3 Å². The van der Waals surface area contributed by atoms with E-state index in [-0.39, 0.29) is 12.4 Å². The van der Waals surface area contributed by atoms with Crippen LogP contribution in [0.5, 0.6) is 0 Å². The lowest BCUT2D eigenvalue weighted by molar-refractivity contribution is 0.0437. The van der Waals surface area contributed by atoms with E-state index in [4.69, 9.17) is 10.5 Å². The molecular formula is C13H24ClN3OS. The van der Waals surface area contributed by atoms with Gasteiger partial charge >= 0.3 is 0 Å². The second-order valence-corrected chi connectivity index (χ2v) is 6.01. The first kappa shape index (κ1) is 16.7. The molecule has 6 heteroatoms. The summed E-state index contributed by atoms with van der Waals surface area (Å²) in [5.41, 5.74) is 5.66. The van der Waals surface area contributed by atoms with Gasteiger partial charge in [-0.15, -0.1) is 23.7 Å². The van der Waals surface area contributed by atoms with Crippen LogP contribution in [0.15, 0.2) is 6.20 Å². The Kier molecular flexibility index (Phi) is 7.68. The molecule has 0 amide bonds. The van der Waals surface area contributed by atoms with Crippen LogP contribution in [0, 0.1) is 0 Å². The minimum Gasteiger partial charge on any atom is -0.378 e. The number of rotatable bonds is 5. The number of nitrogens with zero attached hydrogens (tertiary/aromatic N) is 2. The molecule has 110 valence electrons. The number of nitrogen functional groups attached to an aromatic ring is 1. The molecule has 1 atom stereocenters. The molecule has 0 aliphatic carbocycles. The van der Waals surface area contributed by atoms with Gasteiger partial charge < -0.3 is 10.5 Å². The Labute approximate surface area is 125 Å². The molecule has 2 rings (SSSR count). The summed E-state index contributed by atoms with van der Waals surface area (Å²) in [4.78, 5) is 7.86. The van der Waals surface area contributed by atoms with Gasteiger partial charge in [0.15, 0.2) is 5.13 Å². The first-order chi connectivity index (χ1) is 8.78. The summed E-state index contributed by atoms with van der Waals surface area (Å²) >= 11 is 1.60. The summed E-state index contributed by atoms with van der Waals surface area (Å²) in [6, 6.07) is 0. The smallest absolute Gasteiger partial charge is 0.180 e. The molecule has 1 saturated heterocycles. The number of anilines is 1. The summed E-state index contributed by atoms with van der Waals surface area (Å²) in [6.45, 7) is 6.32. The molecule has 1 unspecified atom stereocenters. The lowest BCUT2D eigenvalue weighted by atomic mass is 10.2. The van der Waals surface area contributed by atoms with Gasteiger partial charge in [0, 0.05) is 30.8 Å². The maximum atomic E-state index is 5.86. The molecule has 0 aromatic carbocycles. The molecule has 1 aromatic heterocycles. The van der Waals surface area contributed by atoms with E-state index >= 15 is 0 Å². The monoisotopic (exact) mass is 305 g/mol. The molecule has 0 bridgehead atoms. The Balaban J connectivity index is 0.00000180. The largest absolute Gasteiger partial charge is 0.378 e. The number of halogens is 1. The number of nitrogens with two attached hydrogens (primary N) is 1. The second-order valence-electron chi connectivity index (χ2n) is 4.86. The van der Waals surface area contributed by atoms with Gasteiger partial charge in [-0.05, 0) is 32.2 Å². The van der Waals surface area contributed by atoms with E-state index in [1.165, 1.54) is 17.7 Å². The highest BCUT2D eigenvalue weighted by Crippen LogP contribution is 2.20. The number of aromatic nitrogens is 1. The van der Waals surface area contributed by atoms with Crippen LogP contribution in [-0.2, 0) is 11.3 Å². The van der Waals surface area contributed by atoms with E-state index in [1.54, 1.807) is 11.3 Å². The molecule has 1 aliphatic rings. The Bertz CT molecular complexity index is 361. The third kappa shape index (κ3) is 5.65. The molecule has 4 nitrogen and oxygen atoms in total. The van der Waals surface area contributed by atoms with Crippen molar-refractivity contribution in [2.75, 3.05) is 25.4 Å². The minimum atomic E-state index is 0. The first-order valence-electron chi connectivity index (χ1n) is 6.82. The van der Waals surface area contributed by atoms with Crippen LogP contribution in [0.1, 0.15) is 37.5 Å². The van der Waals surface area contributed by atoms with E-state index in [0.717, 1.165) is 39.1 Å². The van der Waals surface area contributed by atoms with Gasteiger partial charge in [-0.25, -0.2) is 4.98 Å². The molecule has 0 radical (unpaired) electrons. The summed E-state index contributed by atoms with van der Waals surface area (Å²) in [5.74, 6) is 0. The van der Waals surface area contributed by atoms with Crippen LogP contribution in [-0.4, -0.2) is 35.7 Å². The molecular weight excluding hydrogens is 282 g/mol. The van der Waals surface area contributed by atoms with Crippen molar-refractivity contribution in [3.63, 3.8) is 0 Å². The third-order valence-electron chi connectivity index (χ3n) is 3.28. The Morgan fingerprint density at radius 1 is 1.47 bits per heavy atom. The first-order valence-corrected chi connectivity index (χ1v) is 7.63. The van der Waals surface area contributed by atoms with E-state index in [2.05, 4.69) is 16.8 Å². The Morgan fingerprint density at radius 2 is 2.32 bits per heavy atom. The fourth-order valence-electron chi connectivity index (χ4n) is 2.35. The number of hydrogen-bond acceptors (Lipinski definition) is 5. The quantitative estimate of drug-likeness (QED) is 0.909. The van der Waals surface area contributed by atoms with Crippen LogP contribution >= 0.6 is 23.7 Å². The molecule has 0 spiro atoms. The summed E-state index contributed by atoms with van der Waals surface area (Å²) in [6.07, 6.45) is 7.04. The molecule has 2 N–H and O–H groups in total. The van der Waals surface area contributed by atoms with Gasteiger partial charge in [0.25, 0.3) is 0 Å². The van der Waals surface area contributed by atoms with Gasteiger partial charge in [-0.1, -0.05) is 6.92 Å². The predicted molar refractivity (Wildman–Crippen MR) is 82.9 cm³/mol. The van der Waals surface area contributed by atoms with Crippen molar-refractivity contribution in [3.8, 4) is 0 Å². The van der Waals surface area contributed by atoms with E-state index in [9.17, 15) is 0 Å². The van der Waals surface area contributed by atoms with Gasteiger partial charge in [-0.2, -0.15) is 0 Å². The van der Waals surface area contributed by atoms with Crippen molar-refractivity contribution in [1.82, 2.24) is 9.88 Å². The maximum Gasteiger partial charge on any atom is 0.180 e. The van der Waals surface area contributed by atoms with Crippen molar-refractivity contribution in [1.29, 1.82) is 0 Å². The summed E-state index contributed by atoms with van der Waals surface area (Å²) in [5, 5.41) is 0.670. The van der Waals surface area contributed by atoms with Crippen LogP contribution in [0.25, 0.3) is 0 Å². The molecule has 2 heterocycles. The number of thiazole rings is 1. The SMILES string of the molecule is CCCOC1CCCN(Cc2cnc(N)s2)CC1.Cl. The third-order valence-corrected chi connectivity index (χ3v) is 4.09. The van der Waals surface area contributed by atoms with E-state index in [1.807, 2.05) is 6.20 Å². The normalized spacial score (nSPS) is 20.8. The zero-order chi connectivity index (χ0) is 12.8. The fraction of sp³-hybridized carbons (Fsp3) is 0.769. The molecule has 1 fully saturated rings. The highest BCUT2D eigenvalue weighted by Gasteiger charge is 2.17. The molecule has 19 heavy (non-hydrogen) atoms. The lowest BCUT2D eigenvalue weighted by Crippen LogP contribution is -2.24. The van der Waals surface area contributed by atoms with Gasteiger partial charge in [0.05, 0.1) is 6.10 Å². The molecule has 0 saturated carbocycles. The van der Waals surface area contributed by atoms with Gasteiger partial charge in [0.2, 0.25) is 0 Å². The van der Waals surface area contributed by atoms with Crippen molar-refractivity contribution in [3.05, 3.63) is 11.1 Å². The van der Waals surface area contributed by atoms with Crippen LogP contribution in [0.4, 0.5) is 5.13 Å². The average molecular weight is 306 g/mol. The van der Waals surface area contributed by atoms with Crippen LogP contribution < -0.4 is 5.73 Å². The van der Waals surface area contributed by atoms with Crippen molar-refractivity contribution in [2.24, 2.45) is 0 Å². The highest BCUT2D eigenvalue weighted by atomic mass is 35.5. The molecule has 1 aliphatic heterocycles. The topological polar surface area (TPSA) is 51.4 Å². The number of likely N-dealkylation sites (tertiary alicyclic amines) is 1. The number of hydrogen-bond donors (Lipinski definition) is 1. The van der Waals surface area contributed by atoms with Crippen LogP contribution in [0.2, 0.25) is 0 Å². The average Bonchev–Trinajstić information content (AvgIpc) is 2.63. The van der Waals surface area contributed by atoms with Crippen molar-refractivity contribution < 1.29 is 4.74 Å². The standard InChI is InChI=1S/C13H23N3OS.ClH/c1-2-8-17-11-4-3-6-16(7-5-11)10-12-9-15-13(14)18-12;/h9,11H,2-8,10H2,1H3,(H2,14,15);1H. The highest BCUT2D eigenvalue weighted by molar-refractivity contribution is 7.15. The Morgan fingerprint density at radius 3 is 3.00 bits per heavy atom. The summed E-state index contributed by atoms with van der Waals surface area (Å²) in [7, 11) is 0. The summed E-state index contributed by atoms with van der Waals surface area (Å²) < 4.78 is 5.86. The minimum absolute atomic E-state index is 0. The van der Waals surface area contributed by atoms with Crippen LogP contribution in [0.3, 0.4) is 0 Å².